The number of hydrogen-bond donors (Lipinski definition) is 1. The second kappa shape index (κ2) is 11.8. The first-order chi connectivity index (χ1) is 14.2. The van der Waals surface area contributed by atoms with Crippen molar-refractivity contribution in [3.63, 3.8) is 0 Å². The lowest BCUT2D eigenvalue weighted by Crippen LogP contribution is -2.51. The molecule has 0 aliphatic carbocycles. The molecule has 1 atom stereocenters. The molecule has 0 fully saturated rings. The highest BCUT2D eigenvalue weighted by molar-refractivity contribution is 14.1. The Morgan fingerprint density at radius 1 is 1.13 bits per heavy atom. The first-order valence-electron chi connectivity index (χ1n) is 9.63. The highest BCUT2D eigenvalue weighted by atomic mass is 127. The Bertz CT molecular complexity index is 875. The van der Waals surface area contributed by atoms with Gasteiger partial charge in [0, 0.05) is 26.2 Å². The number of nitrogens with one attached hydrogen (secondary N) is 1. The van der Waals surface area contributed by atoms with Gasteiger partial charge in [-0.25, -0.2) is 0 Å². The van der Waals surface area contributed by atoms with Crippen LogP contribution in [0.2, 0.25) is 10.0 Å². The normalized spacial score (nSPS) is 11.8. The van der Waals surface area contributed by atoms with Crippen LogP contribution >= 0.6 is 45.8 Å². The Kier molecular flexibility index (Phi) is 9.71. The van der Waals surface area contributed by atoms with Crippen molar-refractivity contribution < 1.29 is 14.3 Å². The van der Waals surface area contributed by atoms with Gasteiger partial charge in [-0.1, -0.05) is 36.2 Å². The van der Waals surface area contributed by atoms with E-state index in [1.807, 2.05) is 32.9 Å². The van der Waals surface area contributed by atoms with Gasteiger partial charge in [0.25, 0.3) is 5.91 Å². The van der Waals surface area contributed by atoms with Crippen LogP contribution in [0.5, 0.6) is 5.75 Å². The summed E-state index contributed by atoms with van der Waals surface area (Å²) in [4.78, 5) is 27.4. The maximum Gasteiger partial charge on any atom is 0.261 e. The molecule has 8 heteroatoms. The van der Waals surface area contributed by atoms with Gasteiger partial charge in [0.15, 0.2) is 6.61 Å². The fourth-order valence-electron chi connectivity index (χ4n) is 2.89. The molecule has 162 valence electrons. The molecule has 0 aromatic heterocycles. The smallest absolute Gasteiger partial charge is 0.261 e. The molecular weight excluding hydrogens is 538 g/mol. The summed E-state index contributed by atoms with van der Waals surface area (Å²) in [6.45, 7) is 5.62. The Morgan fingerprint density at radius 3 is 2.37 bits per heavy atom. The minimum absolute atomic E-state index is 0.0364. The van der Waals surface area contributed by atoms with E-state index in [-0.39, 0.29) is 31.0 Å². The molecule has 5 nitrogen and oxygen atoms in total. The van der Waals surface area contributed by atoms with Crippen LogP contribution in [0.3, 0.4) is 0 Å². The molecule has 2 aromatic rings. The fourth-order valence-corrected chi connectivity index (χ4v) is 3.72. The molecule has 0 radical (unpaired) electrons. The molecule has 0 aliphatic heterocycles. The lowest BCUT2D eigenvalue weighted by molar-refractivity contribution is -0.143. The molecule has 0 saturated carbocycles. The molecular formula is C22H25Cl2IN2O3. The third kappa shape index (κ3) is 7.32. The minimum atomic E-state index is -0.646. The fraction of sp³-hybridized carbons (Fsp3) is 0.364. The van der Waals surface area contributed by atoms with E-state index in [1.54, 1.807) is 30.3 Å². The van der Waals surface area contributed by atoms with E-state index in [0.29, 0.717) is 27.8 Å². The van der Waals surface area contributed by atoms with Gasteiger partial charge in [0.05, 0.1) is 0 Å². The third-order valence-electron chi connectivity index (χ3n) is 4.35. The second-order valence-electron chi connectivity index (χ2n) is 7.09. The summed E-state index contributed by atoms with van der Waals surface area (Å²) in [5, 5.41) is 3.84. The van der Waals surface area contributed by atoms with E-state index in [0.717, 1.165) is 3.57 Å². The summed E-state index contributed by atoms with van der Waals surface area (Å²) in [6, 6.07) is 11.8. The highest BCUT2D eigenvalue weighted by Crippen LogP contribution is 2.24. The van der Waals surface area contributed by atoms with Gasteiger partial charge in [0.2, 0.25) is 5.91 Å². The zero-order chi connectivity index (χ0) is 22.3. The lowest BCUT2D eigenvalue weighted by Gasteiger charge is -2.31. The average Bonchev–Trinajstić information content (AvgIpc) is 2.68. The van der Waals surface area contributed by atoms with Crippen molar-refractivity contribution in [1.82, 2.24) is 10.2 Å². The SMILES string of the molecule is CC[C@H](C(=O)NC(C)C)N(Cc1ccc(Cl)cc1Cl)C(=O)COc1ccc(I)cc1. The standard InChI is InChI=1S/C22H25Cl2IN2O3/c1-4-20(22(29)26-14(2)3)27(12-15-5-6-16(23)11-19(15)24)21(28)13-30-18-9-7-17(25)8-10-18/h5-11,14,20H,4,12-13H2,1-3H3,(H,26,29)/t20-/m1/s1. The van der Waals surface area contributed by atoms with Gasteiger partial charge in [0.1, 0.15) is 11.8 Å². The van der Waals surface area contributed by atoms with Gasteiger partial charge in [-0.2, -0.15) is 0 Å². The summed E-state index contributed by atoms with van der Waals surface area (Å²) in [5.41, 5.74) is 0.708. The van der Waals surface area contributed by atoms with Crippen molar-refractivity contribution in [2.75, 3.05) is 6.61 Å². The number of benzene rings is 2. The van der Waals surface area contributed by atoms with Crippen LogP contribution in [0.15, 0.2) is 42.5 Å². The zero-order valence-corrected chi connectivity index (χ0v) is 20.8. The molecule has 1 N–H and O–H groups in total. The number of hydrogen-bond acceptors (Lipinski definition) is 3. The molecule has 0 aliphatic rings. The highest BCUT2D eigenvalue weighted by Gasteiger charge is 2.29. The van der Waals surface area contributed by atoms with Crippen LogP contribution in [0, 0.1) is 3.57 Å². The first-order valence-corrected chi connectivity index (χ1v) is 11.5. The van der Waals surface area contributed by atoms with Crippen LogP contribution in [-0.2, 0) is 16.1 Å². The summed E-state index contributed by atoms with van der Waals surface area (Å²) < 4.78 is 6.74. The van der Waals surface area contributed by atoms with Gasteiger partial charge in [-0.3, -0.25) is 9.59 Å². The monoisotopic (exact) mass is 562 g/mol. The number of halogens is 3. The Labute approximate surface area is 201 Å². The van der Waals surface area contributed by atoms with Gasteiger partial charge < -0.3 is 15.0 Å². The largest absolute Gasteiger partial charge is 0.484 e. The summed E-state index contributed by atoms with van der Waals surface area (Å²) in [5.74, 6) is 0.0819. The van der Waals surface area contributed by atoms with E-state index in [1.165, 1.54) is 4.90 Å². The van der Waals surface area contributed by atoms with Gasteiger partial charge in [-0.15, -0.1) is 0 Å². The van der Waals surface area contributed by atoms with Gasteiger partial charge in [-0.05, 0) is 84.8 Å². The van der Waals surface area contributed by atoms with Crippen molar-refractivity contribution in [1.29, 1.82) is 0 Å². The van der Waals surface area contributed by atoms with E-state index in [9.17, 15) is 9.59 Å². The zero-order valence-electron chi connectivity index (χ0n) is 17.1. The Balaban J connectivity index is 2.24. The van der Waals surface area contributed by atoms with Gasteiger partial charge >= 0.3 is 0 Å². The Hall–Kier alpha value is -1.51. The van der Waals surface area contributed by atoms with Crippen LogP contribution in [0.4, 0.5) is 0 Å². The predicted molar refractivity (Wildman–Crippen MR) is 129 cm³/mol. The number of carbonyl (C=O) groups is 2. The summed E-state index contributed by atoms with van der Waals surface area (Å²) >= 11 is 14.5. The molecule has 30 heavy (non-hydrogen) atoms. The van der Waals surface area contributed by atoms with Crippen molar-refractivity contribution >= 4 is 57.6 Å². The number of carbonyl (C=O) groups excluding carboxylic acids is 2. The molecule has 0 bridgehead atoms. The number of ether oxygens (including phenoxy) is 1. The third-order valence-corrected chi connectivity index (χ3v) is 5.65. The number of rotatable bonds is 9. The molecule has 2 rings (SSSR count). The number of amides is 2. The van der Waals surface area contributed by atoms with Crippen LogP contribution in [-0.4, -0.2) is 35.4 Å². The quantitative estimate of drug-likeness (QED) is 0.421. The molecule has 0 heterocycles. The van der Waals surface area contributed by atoms with Crippen molar-refractivity contribution in [2.45, 2.75) is 45.8 Å². The summed E-state index contributed by atoms with van der Waals surface area (Å²) in [7, 11) is 0. The maximum atomic E-state index is 13.1. The molecule has 0 spiro atoms. The molecule has 0 unspecified atom stereocenters. The first kappa shape index (κ1) is 24.8. The van der Waals surface area contributed by atoms with Crippen LogP contribution in [0.25, 0.3) is 0 Å². The molecule has 2 amide bonds. The topological polar surface area (TPSA) is 58.6 Å². The molecule has 0 saturated heterocycles. The number of nitrogens with zero attached hydrogens (tertiary/aromatic N) is 1. The van der Waals surface area contributed by atoms with Crippen LogP contribution < -0.4 is 10.1 Å². The van der Waals surface area contributed by atoms with E-state index in [2.05, 4.69) is 27.9 Å². The van der Waals surface area contributed by atoms with Crippen LogP contribution in [0.1, 0.15) is 32.8 Å². The van der Waals surface area contributed by atoms with Crippen molar-refractivity contribution in [3.8, 4) is 5.75 Å². The predicted octanol–water partition coefficient (Wildman–Crippen LogP) is 5.31. The minimum Gasteiger partial charge on any atom is -0.484 e. The lowest BCUT2D eigenvalue weighted by atomic mass is 10.1. The second-order valence-corrected chi connectivity index (χ2v) is 9.18. The summed E-state index contributed by atoms with van der Waals surface area (Å²) in [6.07, 6.45) is 0.457. The van der Waals surface area contributed by atoms with Crippen molar-refractivity contribution in [2.24, 2.45) is 0 Å². The maximum absolute atomic E-state index is 13.1. The van der Waals surface area contributed by atoms with E-state index < -0.39 is 6.04 Å². The average molecular weight is 563 g/mol. The van der Waals surface area contributed by atoms with E-state index in [4.69, 9.17) is 27.9 Å². The Morgan fingerprint density at radius 2 is 1.80 bits per heavy atom. The van der Waals surface area contributed by atoms with Crippen molar-refractivity contribution in [3.05, 3.63) is 61.6 Å². The molecule has 2 aromatic carbocycles. The van der Waals surface area contributed by atoms with E-state index >= 15 is 0 Å².